The Hall–Kier alpha value is -1.44. The smallest absolute Gasteiger partial charge is 0.251 e. The summed E-state index contributed by atoms with van der Waals surface area (Å²) in [7, 11) is 0. The van der Waals surface area contributed by atoms with E-state index < -0.39 is 11.7 Å². The lowest BCUT2D eigenvalue weighted by atomic mass is 9.88. The number of aromatic nitrogens is 2. The molecule has 0 aliphatic carbocycles. The van der Waals surface area contributed by atoms with Gasteiger partial charge in [0.1, 0.15) is 11.4 Å². The van der Waals surface area contributed by atoms with Crippen LogP contribution < -0.4 is 5.32 Å². The predicted molar refractivity (Wildman–Crippen MR) is 101 cm³/mol. The van der Waals surface area contributed by atoms with Crippen LogP contribution in [0.1, 0.15) is 45.4 Å². The van der Waals surface area contributed by atoms with E-state index in [9.17, 15) is 4.79 Å². The molecule has 1 N–H and O–H groups in total. The van der Waals surface area contributed by atoms with Crippen molar-refractivity contribution in [3.05, 3.63) is 18.2 Å². The quantitative estimate of drug-likeness (QED) is 0.844. The van der Waals surface area contributed by atoms with Crippen molar-refractivity contribution in [2.24, 2.45) is 5.92 Å². The standard InChI is InChI=1S/C20H32N4O3/c1-15(2)13-23-8-5-20(6-9-23)19-21-7-10-24(19)14-17(27-20)18(25)22-12-16-4-3-11-26-16/h7,10,15-17H,3-6,8-9,11-14H2,1-2H3,(H,22,25). The van der Waals surface area contributed by atoms with Crippen molar-refractivity contribution in [2.45, 2.75) is 63.9 Å². The van der Waals surface area contributed by atoms with Gasteiger partial charge in [0.15, 0.2) is 6.10 Å². The van der Waals surface area contributed by atoms with E-state index in [0.29, 0.717) is 19.0 Å². The van der Waals surface area contributed by atoms with E-state index >= 15 is 0 Å². The van der Waals surface area contributed by atoms with Gasteiger partial charge in [0.2, 0.25) is 0 Å². The van der Waals surface area contributed by atoms with E-state index in [0.717, 1.165) is 57.7 Å². The second-order valence-corrected chi connectivity index (χ2v) is 8.58. The molecule has 2 atom stereocenters. The normalized spacial score (nSPS) is 27.8. The fraction of sp³-hybridized carbons (Fsp3) is 0.800. The van der Waals surface area contributed by atoms with E-state index in [1.54, 1.807) is 0 Å². The number of imidazole rings is 1. The maximum Gasteiger partial charge on any atom is 0.251 e. The minimum atomic E-state index is -0.468. The zero-order valence-electron chi connectivity index (χ0n) is 16.5. The van der Waals surface area contributed by atoms with E-state index in [4.69, 9.17) is 9.47 Å². The molecule has 1 spiro atoms. The fourth-order valence-electron chi connectivity index (χ4n) is 4.62. The van der Waals surface area contributed by atoms with E-state index in [1.807, 2.05) is 12.4 Å². The first-order valence-electron chi connectivity index (χ1n) is 10.4. The van der Waals surface area contributed by atoms with Crippen LogP contribution in [0.25, 0.3) is 0 Å². The third-order valence-corrected chi connectivity index (χ3v) is 5.96. The van der Waals surface area contributed by atoms with Gasteiger partial charge in [-0.1, -0.05) is 13.8 Å². The zero-order chi connectivity index (χ0) is 18.9. The Kier molecular flexibility index (Phi) is 5.53. The summed E-state index contributed by atoms with van der Waals surface area (Å²) in [5.74, 6) is 1.60. The molecule has 1 aromatic heterocycles. The summed E-state index contributed by atoms with van der Waals surface area (Å²) in [6, 6.07) is 0. The summed E-state index contributed by atoms with van der Waals surface area (Å²) in [4.78, 5) is 19.9. The molecule has 0 radical (unpaired) electrons. The lowest BCUT2D eigenvalue weighted by molar-refractivity contribution is -0.174. The largest absolute Gasteiger partial charge is 0.376 e. The monoisotopic (exact) mass is 376 g/mol. The van der Waals surface area contributed by atoms with Crippen LogP contribution in [-0.4, -0.2) is 65.4 Å². The average molecular weight is 377 g/mol. The first-order valence-corrected chi connectivity index (χ1v) is 10.4. The van der Waals surface area contributed by atoms with Crippen LogP contribution in [0, 0.1) is 5.92 Å². The molecule has 2 fully saturated rings. The van der Waals surface area contributed by atoms with Gasteiger partial charge < -0.3 is 24.3 Å². The molecule has 0 saturated carbocycles. The molecule has 4 rings (SSSR count). The number of nitrogens with zero attached hydrogens (tertiary/aromatic N) is 3. The summed E-state index contributed by atoms with van der Waals surface area (Å²) in [6.45, 7) is 9.48. The molecule has 0 bridgehead atoms. The molecule has 1 amide bonds. The van der Waals surface area contributed by atoms with E-state index in [1.165, 1.54) is 0 Å². The molecule has 3 aliphatic rings. The van der Waals surface area contributed by atoms with Crippen molar-refractivity contribution in [3.8, 4) is 0 Å². The van der Waals surface area contributed by atoms with Gasteiger partial charge in [-0.25, -0.2) is 4.98 Å². The van der Waals surface area contributed by atoms with Crippen molar-refractivity contribution in [1.82, 2.24) is 19.8 Å². The summed E-state index contributed by atoms with van der Waals surface area (Å²) < 4.78 is 14.2. The van der Waals surface area contributed by atoms with Gasteiger partial charge in [0, 0.05) is 45.2 Å². The van der Waals surface area contributed by atoms with Crippen LogP contribution in [0.2, 0.25) is 0 Å². The average Bonchev–Trinajstić information content (AvgIpc) is 3.33. The Labute approximate surface area is 161 Å². The van der Waals surface area contributed by atoms with Crippen LogP contribution in [-0.2, 0) is 26.4 Å². The van der Waals surface area contributed by atoms with Crippen LogP contribution in [0.15, 0.2) is 12.4 Å². The lowest BCUT2D eigenvalue weighted by Crippen LogP contribution is -2.54. The number of ether oxygens (including phenoxy) is 2. The highest BCUT2D eigenvalue weighted by molar-refractivity contribution is 5.81. The number of nitrogens with one attached hydrogen (secondary N) is 1. The summed E-state index contributed by atoms with van der Waals surface area (Å²) in [5, 5.41) is 3.04. The Bertz CT molecular complexity index is 645. The number of piperidine rings is 1. The van der Waals surface area contributed by atoms with Crippen molar-refractivity contribution in [3.63, 3.8) is 0 Å². The molecule has 0 aromatic carbocycles. The first-order chi connectivity index (χ1) is 13.1. The van der Waals surface area contributed by atoms with Gasteiger partial charge >= 0.3 is 0 Å². The highest BCUT2D eigenvalue weighted by Crippen LogP contribution is 2.40. The van der Waals surface area contributed by atoms with Crippen LogP contribution >= 0.6 is 0 Å². The molecule has 3 aliphatic heterocycles. The van der Waals surface area contributed by atoms with Gasteiger partial charge in [-0.2, -0.15) is 0 Å². The number of rotatable bonds is 5. The Morgan fingerprint density at radius 2 is 2.22 bits per heavy atom. The van der Waals surface area contributed by atoms with Gasteiger partial charge in [-0.15, -0.1) is 0 Å². The molecule has 27 heavy (non-hydrogen) atoms. The minimum absolute atomic E-state index is 0.0335. The van der Waals surface area contributed by atoms with Crippen molar-refractivity contribution in [2.75, 3.05) is 32.8 Å². The number of fused-ring (bicyclic) bond motifs is 2. The van der Waals surface area contributed by atoms with Gasteiger partial charge in [-0.05, 0) is 31.6 Å². The predicted octanol–water partition coefficient (Wildman–Crippen LogP) is 1.52. The van der Waals surface area contributed by atoms with E-state index in [-0.39, 0.29) is 12.0 Å². The Morgan fingerprint density at radius 3 is 2.93 bits per heavy atom. The SMILES string of the molecule is CC(C)CN1CCC2(CC1)OC(C(=O)NCC1CCCO1)Cn1ccnc12. The molecular formula is C20H32N4O3. The molecular weight excluding hydrogens is 344 g/mol. The van der Waals surface area contributed by atoms with Crippen molar-refractivity contribution in [1.29, 1.82) is 0 Å². The number of hydrogen-bond donors (Lipinski definition) is 1. The molecule has 4 heterocycles. The number of carbonyl (C=O) groups is 1. The third kappa shape index (κ3) is 4.05. The molecule has 7 nitrogen and oxygen atoms in total. The van der Waals surface area contributed by atoms with Crippen LogP contribution in [0.3, 0.4) is 0 Å². The zero-order valence-corrected chi connectivity index (χ0v) is 16.5. The number of carbonyl (C=O) groups excluding carboxylic acids is 1. The molecule has 2 unspecified atom stereocenters. The topological polar surface area (TPSA) is 68.6 Å². The van der Waals surface area contributed by atoms with Crippen molar-refractivity contribution >= 4 is 5.91 Å². The Morgan fingerprint density at radius 1 is 1.41 bits per heavy atom. The van der Waals surface area contributed by atoms with E-state index in [2.05, 4.69) is 33.6 Å². The second kappa shape index (κ2) is 7.89. The molecule has 2 saturated heterocycles. The number of likely N-dealkylation sites (tertiary alicyclic amines) is 1. The summed E-state index contributed by atoms with van der Waals surface area (Å²) in [6.07, 6.45) is 7.34. The lowest BCUT2D eigenvalue weighted by Gasteiger charge is -2.45. The number of amides is 1. The van der Waals surface area contributed by atoms with Crippen molar-refractivity contribution < 1.29 is 14.3 Å². The Balaban J connectivity index is 1.42. The fourth-order valence-corrected chi connectivity index (χ4v) is 4.62. The van der Waals surface area contributed by atoms with Gasteiger partial charge in [-0.3, -0.25) is 4.79 Å². The summed E-state index contributed by atoms with van der Waals surface area (Å²) in [5.41, 5.74) is -0.443. The second-order valence-electron chi connectivity index (χ2n) is 8.58. The molecule has 7 heteroatoms. The van der Waals surface area contributed by atoms with Gasteiger partial charge in [0.25, 0.3) is 5.91 Å². The first kappa shape index (κ1) is 18.9. The summed E-state index contributed by atoms with van der Waals surface area (Å²) >= 11 is 0. The highest BCUT2D eigenvalue weighted by Gasteiger charge is 2.47. The highest BCUT2D eigenvalue weighted by atomic mass is 16.5. The maximum absolute atomic E-state index is 12.8. The number of hydrogen-bond acceptors (Lipinski definition) is 5. The van der Waals surface area contributed by atoms with Crippen LogP contribution in [0.4, 0.5) is 0 Å². The maximum atomic E-state index is 12.8. The van der Waals surface area contributed by atoms with Gasteiger partial charge in [0.05, 0.1) is 12.6 Å². The van der Waals surface area contributed by atoms with Crippen LogP contribution in [0.5, 0.6) is 0 Å². The minimum Gasteiger partial charge on any atom is -0.376 e. The third-order valence-electron chi connectivity index (χ3n) is 5.96. The molecule has 1 aromatic rings. The molecule has 150 valence electrons.